The lowest BCUT2D eigenvalue weighted by Gasteiger charge is -2.34. The van der Waals surface area contributed by atoms with Gasteiger partial charge in [0.05, 0.1) is 33.0 Å². The minimum absolute atomic E-state index is 0.0297. The number of carbonyl (C=O) groups is 1. The molecule has 0 bridgehead atoms. The van der Waals surface area contributed by atoms with Crippen LogP contribution < -0.4 is 20.1 Å². The summed E-state index contributed by atoms with van der Waals surface area (Å²) < 4.78 is 53.0. The Morgan fingerprint density at radius 3 is 2.72 bits per heavy atom. The zero-order valence-corrected chi connectivity index (χ0v) is 18.1. The van der Waals surface area contributed by atoms with Gasteiger partial charge in [0.25, 0.3) is 5.91 Å². The number of alkyl halides is 3. The summed E-state index contributed by atoms with van der Waals surface area (Å²) in [7, 11) is 2.94. The fraction of sp³-hybridized carbons (Fsp3) is 0.333. The van der Waals surface area contributed by atoms with Gasteiger partial charge in [-0.1, -0.05) is 12.1 Å². The summed E-state index contributed by atoms with van der Waals surface area (Å²) in [6.07, 6.45) is -3.66. The molecule has 1 amide bonds. The van der Waals surface area contributed by atoms with Gasteiger partial charge in [-0.3, -0.25) is 4.79 Å². The highest BCUT2D eigenvalue weighted by molar-refractivity contribution is 7.09. The summed E-state index contributed by atoms with van der Waals surface area (Å²) in [5.74, 6) is 0.407. The molecule has 32 heavy (non-hydrogen) atoms. The number of amides is 1. The van der Waals surface area contributed by atoms with Crippen LogP contribution in [0, 0.1) is 0 Å². The number of carbonyl (C=O) groups excluding carboxylic acids is 1. The van der Waals surface area contributed by atoms with Crippen LogP contribution in [-0.2, 0) is 6.54 Å². The van der Waals surface area contributed by atoms with E-state index in [4.69, 9.17) is 9.47 Å². The average molecular weight is 466 g/mol. The molecule has 2 N–H and O–H groups in total. The van der Waals surface area contributed by atoms with Crippen molar-refractivity contribution in [1.29, 1.82) is 0 Å². The smallest absolute Gasteiger partial charge is 0.410 e. The van der Waals surface area contributed by atoms with Crippen LogP contribution in [0.15, 0.2) is 41.9 Å². The normalized spacial score (nSPS) is 17.9. The third-order valence-electron chi connectivity index (χ3n) is 5.30. The largest absolute Gasteiger partial charge is 0.493 e. The number of hydrogen-bond donors (Lipinski definition) is 2. The fourth-order valence-electron chi connectivity index (χ4n) is 3.69. The number of anilines is 1. The molecule has 0 spiro atoms. The maximum absolute atomic E-state index is 13.9. The highest BCUT2D eigenvalue weighted by Crippen LogP contribution is 2.45. The van der Waals surface area contributed by atoms with Gasteiger partial charge in [-0.2, -0.15) is 18.3 Å². The van der Waals surface area contributed by atoms with Crippen LogP contribution in [0.5, 0.6) is 11.5 Å². The molecule has 7 nitrogen and oxygen atoms in total. The molecule has 1 aromatic carbocycles. The molecule has 2 atom stereocenters. The van der Waals surface area contributed by atoms with Crippen molar-refractivity contribution in [2.45, 2.75) is 31.2 Å². The van der Waals surface area contributed by atoms with E-state index in [1.54, 1.807) is 18.2 Å². The highest BCUT2D eigenvalue weighted by Gasteiger charge is 2.47. The molecular formula is C21H21F3N4O3S. The summed E-state index contributed by atoms with van der Waals surface area (Å²) in [5, 5.41) is 11.6. The van der Waals surface area contributed by atoms with E-state index in [0.717, 1.165) is 9.56 Å². The molecule has 0 saturated heterocycles. The molecule has 0 radical (unpaired) electrons. The van der Waals surface area contributed by atoms with Crippen molar-refractivity contribution in [3.8, 4) is 11.5 Å². The zero-order chi connectivity index (χ0) is 22.9. The number of thiophene rings is 1. The third kappa shape index (κ3) is 4.24. The SMILES string of the molecule is COc1ccc([C@H]2C[C@@H](C(F)(F)F)n3ncc(C(=O)NCc4cccs4)c3N2)cc1OC. The number of methoxy groups -OCH3 is 2. The van der Waals surface area contributed by atoms with Gasteiger partial charge >= 0.3 is 6.18 Å². The first kappa shape index (κ1) is 22.0. The van der Waals surface area contributed by atoms with Crippen molar-refractivity contribution in [2.24, 2.45) is 0 Å². The molecule has 0 unspecified atom stereocenters. The number of rotatable bonds is 6. The quantitative estimate of drug-likeness (QED) is 0.557. The van der Waals surface area contributed by atoms with E-state index in [1.165, 1.54) is 31.8 Å². The maximum Gasteiger partial charge on any atom is 0.410 e. The zero-order valence-electron chi connectivity index (χ0n) is 17.3. The molecule has 0 aliphatic carbocycles. The molecule has 170 valence electrons. The van der Waals surface area contributed by atoms with Crippen molar-refractivity contribution < 1.29 is 27.4 Å². The molecule has 3 heterocycles. The lowest BCUT2D eigenvalue weighted by Crippen LogP contribution is -2.36. The predicted molar refractivity (Wildman–Crippen MR) is 113 cm³/mol. The predicted octanol–water partition coefficient (Wildman–Crippen LogP) is 4.55. The van der Waals surface area contributed by atoms with E-state index in [9.17, 15) is 18.0 Å². The van der Waals surface area contributed by atoms with Crippen molar-refractivity contribution >= 4 is 23.1 Å². The molecule has 1 aliphatic rings. The Morgan fingerprint density at radius 2 is 2.06 bits per heavy atom. The summed E-state index contributed by atoms with van der Waals surface area (Å²) in [6, 6.07) is 6.08. The number of aromatic nitrogens is 2. The van der Waals surface area contributed by atoms with Crippen LogP contribution >= 0.6 is 11.3 Å². The van der Waals surface area contributed by atoms with Gasteiger partial charge in [0, 0.05) is 11.3 Å². The fourth-order valence-corrected chi connectivity index (χ4v) is 4.34. The standard InChI is InChI=1S/C21H21F3N4O3S/c1-30-16-6-5-12(8-17(16)31-2)15-9-18(21(22,23)24)28-19(27-15)14(11-26-28)20(29)25-10-13-4-3-7-32-13/h3-8,11,15,18,27H,9-10H2,1-2H3,(H,25,29)/t15-,18+/m1/s1. The number of halogens is 3. The molecule has 3 aromatic rings. The molecule has 0 saturated carbocycles. The number of hydrogen-bond acceptors (Lipinski definition) is 6. The Kier molecular flexibility index (Phi) is 6.00. The van der Waals surface area contributed by atoms with E-state index >= 15 is 0 Å². The van der Waals surface area contributed by atoms with E-state index in [-0.39, 0.29) is 24.3 Å². The van der Waals surface area contributed by atoms with E-state index in [1.807, 2.05) is 17.5 Å². The first-order valence-corrected chi connectivity index (χ1v) is 10.6. The van der Waals surface area contributed by atoms with Gasteiger partial charge in [-0.15, -0.1) is 11.3 Å². The van der Waals surface area contributed by atoms with Gasteiger partial charge in [-0.25, -0.2) is 4.68 Å². The summed E-state index contributed by atoms with van der Waals surface area (Å²) in [6.45, 7) is 0.281. The van der Waals surface area contributed by atoms with Crippen molar-refractivity contribution in [2.75, 3.05) is 19.5 Å². The molecule has 11 heteroatoms. The molecule has 2 aromatic heterocycles. The molecular weight excluding hydrogens is 445 g/mol. The number of nitrogens with zero attached hydrogens (tertiary/aromatic N) is 2. The summed E-state index contributed by atoms with van der Waals surface area (Å²) in [5.41, 5.74) is 0.635. The van der Waals surface area contributed by atoms with Crippen LogP contribution in [0.2, 0.25) is 0 Å². The lowest BCUT2D eigenvalue weighted by molar-refractivity contribution is -0.173. The summed E-state index contributed by atoms with van der Waals surface area (Å²) in [4.78, 5) is 13.7. The Hall–Kier alpha value is -3.21. The third-order valence-corrected chi connectivity index (χ3v) is 6.17. The lowest BCUT2D eigenvalue weighted by atomic mass is 9.96. The van der Waals surface area contributed by atoms with Crippen LogP contribution in [0.3, 0.4) is 0 Å². The average Bonchev–Trinajstić information content (AvgIpc) is 3.45. The molecule has 4 rings (SSSR count). The van der Waals surface area contributed by atoms with Crippen molar-refractivity contribution in [3.05, 3.63) is 57.9 Å². The Morgan fingerprint density at radius 1 is 1.28 bits per heavy atom. The van der Waals surface area contributed by atoms with Crippen LogP contribution in [-0.4, -0.2) is 36.1 Å². The van der Waals surface area contributed by atoms with E-state index < -0.39 is 24.2 Å². The second-order valence-corrected chi connectivity index (χ2v) is 8.25. The first-order chi connectivity index (χ1) is 15.3. The van der Waals surface area contributed by atoms with E-state index in [2.05, 4.69) is 15.7 Å². The minimum Gasteiger partial charge on any atom is -0.493 e. The first-order valence-electron chi connectivity index (χ1n) is 9.75. The molecule has 0 fully saturated rings. The van der Waals surface area contributed by atoms with Gasteiger partial charge in [-0.05, 0) is 29.1 Å². The Labute approximate surface area is 186 Å². The number of fused-ring (bicyclic) bond motifs is 1. The van der Waals surface area contributed by atoms with Gasteiger partial charge in [0.15, 0.2) is 17.5 Å². The summed E-state index contributed by atoms with van der Waals surface area (Å²) >= 11 is 1.48. The van der Waals surface area contributed by atoms with Gasteiger partial charge < -0.3 is 20.1 Å². The number of nitrogens with one attached hydrogen (secondary N) is 2. The van der Waals surface area contributed by atoms with Gasteiger partial charge in [0.1, 0.15) is 11.4 Å². The number of benzene rings is 1. The van der Waals surface area contributed by atoms with E-state index in [0.29, 0.717) is 17.1 Å². The Bertz CT molecular complexity index is 1100. The van der Waals surface area contributed by atoms with Crippen LogP contribution in [0.1, 0.15) is 39.3 Å². The second kappa shape index (κ2) is 8.73. The van der Waals surface area contributed by atoms with Gasteiger partial charge in [0.2, 0.25) is 0 Å². The Balaban J connectivity index is 1.66. The maximum atomic E-state index is 13.9. The van der Waals surface area contributed by atoms with Crippen molar-refractivity contribution in [3.63, 3.8) is 0 Å². The second-order valence-electron chi connectivity index (χ2n) is 7.22. The minimum atomic E-state index is -4.54. The monoisotopic (exact) mass is 466 g/mol. The highest BCUT2D eigenvalue weighted by atomic mass is 32.1. The van der Waals surface area contributed by atoms with Crippen LogP contribution in [0.4, 0.5) is 19.0 Å². The number of ether oxygens (including phenoxy) is 2. The molecule has 1 aliphatic heterocycles. The van der Waals surface area contributed by atoms with Crippen molar-refractivity contribution in [1.82, 2.24) is 15.1 Å². The van der Waals surface area contributed by atoms with Crippen LogP contribution in [0.25, 0.3) is 0 Å². The topological polar surface area (TPSA) is 77.4 Å².